The van der Waals surface area contributed by atoms with Gasteiger partial charge in [0.25, 0.3) is 0 Å². The van der Waals surface area contributed by atoms with Crippen LogP contribution in [0.4, 0.5) is 0 Å². The largest absolute Gasteiger partial charge is 0.314 e. The van der Waals surface area contributed by atoms with Gasteiger partial charge in [-0.25, -0.2) is 0 Å². The molecule has 0 bridgehead atoms. The van der Waals surface area contributed by atoms with Crippen LogP contribution in [0.1, 0.15) is 60.3 Å². The first-order chi connectivity index (χ1) is 9.81. The number of hydrogen-bond donors (Lipinski definition) is 1. The van der Waals surface area contributed by atoms with Gasteiger partial charge in [0.1, 0.15) is 0 Å². The van der Waals surface area contributed by atoms with Crippen molar-refractivity contribution in [1.82, 2.24) is 10.2 Å². The Balaban J connectivity index is 1.90. The highest BCUT2D eigenvalue weighted by atomic mass is 15.1. The number of rotatable bonds is 6. The van der Waals surface area contributed by atoms with Crippen molar-refractivity contribution in [3.8, 4) is 0 Å². The predicted molar refractivity (Wildman–Crippen MR) is 92.5 cm³/mol. The Bertz CT molecular complexity index is 320. The van der Waals surface area contributed by atoms with Crippen molar-refractivity contribution in [2.75, 3.05) is 26.7 Å². The molecule has 0 aliphatic heterocycles. The van der Waals surface area contributed by atoms with Crippen LogP contribution < -0.4 is 5.32 Å². The van der Waals surface area contributed by atoms with Crippen LogP contribution in [-0.2, 0) is 0 Å². The van der Waals surface area contributed by atoms with E-state index in [0.717, 1.165) is 36.3 Å². The van der Waals surface area contributed by atoms with Crippen molar-refractivity contribution in [3.63, 3.8) is 0 Å². The molecule has 0 radical (unpaired) electrons. The fourth-order valence-electron chi connectivity index (χ4n) is 4.31. The molecule has 2 fully saturated rings. The molecule has 0 aromatic heterocycles. The second-order valence-electron chi connectivity index (χ2n) is 8.99. The molecule has 1 N–H and O–H groups in total. The zero-order valence-corrected chi connectivity index (χ0v) is 15.3. The van der Waals surface area contributed by atoms with Crippen molar-refractivity contribution < 1.29 is 0 Å². The Morgan fingerprint density at radius 3 is 2.19 bits per heavy atom. The molecule has 0 saturated heterocycles. The van der Waals surface area contributed by atoms with E-state index in [0.29, 0.717) is 5.41 Å². The molecule has 0 spiro atoms. The lowest BCUT2D eigenvalue weighted by molar-refractivity contribution is 0.0927. The number of nitrogens with zero attached hydrogens (tertiary/aromatic N) is 1. The van der Waals surface area contributed by atoms with Crippen LogP contribution in [0.2, 0.25) is 0 Å². The Morgan fingerprint density at radius 1 is 1.05 bits per heavy atom. The quantitative estimate of drug-likeness (QED) is 0.796. The van der Waals surface area contributed by atoms with E-state index in [2.05, 4.69) is 51.9 Å². The fourth-order valence-corrected chi connectivity index (χ4v) is 4.31. The molecule has 0 amide bonds. The maximum atomic E-state index is 3.76. The highest BCUT2D eigenvalue weighted by molar-refractivity contribution is 4.91. The molecule has 5 unspecified atom stereocenters. The predicted octanol–water partition coefficient (Wildman–Crippen LogP) is 4.01. The summed E-state index contributed by atoms with van der Waals surface area (Å²) in [4.78, 5) is 2.62. The van der Waals surface area contributed by atoms with Crippen LogP contribution >= 0.6 is 0 Å². The molecular weight excluding hydrogens is 256 g/mol. The van der Waals surface area contributed by atoms with E-state index in [1.165, 1.54) is 38.8 Å². The van der Waals surface area contributed by atoms with Crippen LogP contribution in [0.25, 0.3) is 0 Å². The molecule has 2 nitrogen and oxygen atoms in total. The summed E-state index contributed by atoms with van der Waals surface area (Å²) in [5, 5.41) is 3.76. The van der Waals surface area contributed by atoms with Crippen molar-refractivity contribution in [2.24, 2.45) is 29.1 Å². The topological polar surface area (TPSA) is 15.3 Å². The van der Waals surface area contributed by atoms with E-state index in [9.17, 15) is 0 Å². The average molecular weight is 295 g/mol. The second kappa shape index (κ2) is 7.00. The van der Waals surface area contributed by atoms with Gasteiger partial charge in [-0.05, 0) is 68.4 Å². The Morgan fingerprint density at radius 2 is 1.67 bits per heavy atom. The summed E-state index contributed by atoms with van der Waals surface area (Å²) in [5.74, 6) is 3.69. The normalized spacial score (nSPS) is 37.0. The van der Waals surface area contributed by atoms with Gasteiger partial charge in [-0.15, -0.1) is 0 Å². The SMILES string of the molecule is CCNC1CCC(C(C)(C)C)CC1CN(C)CC1CC1C. The first-order valence-electron chi connectivity index (χ1n) is 9.23. The molecule has 2 heteroatoms. The van der Waals surface area contributed by atoms with E-state index < -0.39 is 0 Å². The first kappa shape index (κ1) is 17.3. The lowest BCUT2D eigenvalue weighted by Gasteiger charge is -2.43. The molecule has 2 aliphatic carbocycles. The van der Waals surface area contributed by atoms with Crippen molar-refractivity contribution in [3.05, 3.63) is 0 Å². The molecule has 0 aromatic carbocycles. The highest BCUT2D eigenvalue weighted by Gasteiger charge is 2.37. The van der Waals surface area contributed by atoms with Crippen LogP contribution in [0, 0.1) is 29.1 Å². The van der Waals surface area contributed by atoms with E-state index in [1.54, 1.807) is 0 Å². The Kier molecular flexibility index (Phi) is 5.76. The van der Waals surface area contributed by atoms with Gasteiger partial charge < -0.3 is 10.2 Å². The van der Waals surface area contributed by atoms with E-state index in [1.807, 2.05) is 0 Å². The third-order valence-electron chi connectivity index (χ3n) is 6.04. The van der Waals surface area contributed by atoms with Crippen molar-refractivity contribution in [1.29, 1.82) is 0 Å². The lowest BCUT2D eigenvalue weighted by Crippen LogP contribution is -2.47. The van der Waals surface area contributed by atoms with Gasteiger partial charge in [0.2, 0.25) is 0 Å². The molecule has 2 aliphatic rings. The molecular formula is C19H38N2. The standard InChI is InChI=1S/C19H38N2/c1-7-20-18-9-8-17(19(3,4)5)11-16(18)13-21(6)12-15-10-14(15)2/h14-18,20H,7-13H2,1-6H3. The molecule has 124 valence electrons. The van der Waals surface area contributed by atoms with Crippen LogP contribution in [0.3, 0.4) is 0 Å². The minimum atomic E-state index is 0.471. The summed E-state index contributed by atoms with van der Waals surface area (Å²) in [5.41, 5.74) is 0.471. The van der Waals surface area contributed by atoms with Gasteiger partial charge >= 0.3 is 0 Å². The Hall–Kier alpha value is -0.0800. The van der Waals surface area contributed by atoms with Crippen molar-refractivity contribution in [2.45, 2.75) is 66.3 Å². The van der Waals surface area contributed by atoms with Crippen LogP contribution in [-0.4, -0.2) is 37.6 Å². The summed E-state index contributed by atoms with van der Waals surface area (Å²) in [6, 6.07) is 0.743. The Labute approximate surface area is 133 Å². The summed E-state index contributed by atoms with van der Waals surface area (Å²) in [7, 11) is 2.34. The highest BCUT2D eigenvalue weighted by Crippen LogP contribution is 2.41. The summed E-state index contributed by atoms with van der Waals surface area (Å²) >= 11 is 0. The monoisotopic (exact) mass is 294 g/mol. The summed E-state index contributed by atoms with van der Waals surface area (Å²) < 4.78 is 0. The zero-order valence-electron chi connectivity index (χ0n) is 15.3. The minimum absolute atomic E-state index is 0.471. The first-order valence-corrected chi connectivity index (χ1v) is 9.23. The van der Waals surface area contributed by atoms with E-state index >= 15 is 0 Å². The molecule has 21 heavy (non-hydrogen) atoms. The third-order valence-corrected chi connectivity index (χ3v) is 6.04. The van der Waals surface area contributed by atoms with Gasteiger partial charge in [0.05, 0.1) is 0 Å². The van der Waals surface area contributed by atoms with Crippen molar-refractivity contribution >= 4 is 0 Å². The minimum Gasteiger partial charge on any atom is -0.314 e. The molecule has 0 aromatic rings. The van der Waals surface area contributed by atoms with Crippen LogP contribution in [0.15, 0.2) is 0 Å². The lowest BCUT2D eigenvalue weighted by atomic mass is 9.67. The van der Waals surface area contributed by atoms with Crippen LogP contribution in [0.5, 0.6) is 0 Å². The van der Waals surface area contributed by atoms with E-state index in [4.69, 9.17) is 0 Å². The summed E-state index contributed by atoms with van der Waals surface area (Å²) in [6.07, 6.45) is 5.64. The maximum Gasteiger partial charge on any atom is 0.0108 e. The second-order valence-corrected chi connectivity index (χ2v) is 8.99. The maximum absolute atomic E-state index is 3.76. The van der Waals surface area contributed by atoms with Gasteiger partial charge in [0, 0.05) is 19.1 Å². The van der Waals surface area contributed by atoms with Gasteiger partial charge in [-0.2, -0.15) is 0 Å². The third kappa shape index (κ3) is 4.96. The molecule has 5 atom stereocenters. The molecule has 0 heterocycles. The van der Waals surface area contributed by atoms with Gasteiger partial charge in [-0.3, -0.25) is 0 Å². The zero-order chi connectivity index (χ0) is 15.6. The number of nitrogens with one attached hydrogen (secondary N) is 1. The van der Waals surface area contributed by atoms with Gasteiger partial charge in [0.15, 0.2) is 0 Å². The summed E-state index contributed by atoms with van der Waals surface area (Å²) in [6.45, 7) is 15.7. The smallest absolute Gasteiger partial charge is 0.0108 e. The number of hydrogen-bond acceptors (Lipinski definition) is 2. The van der Waals surface area contributed by atoms with E-state index in [-0.39, 0.29) is 0 Å². The average Bonchev–Trinajstić information content (AvgIpc) is 3.05. The molecule has 2 rings (SSSR count). The van der Waals surface area contributed by atoms with Gasteiger partial charge in [-0.1, -0.05) is 34.6 Å². The fraction of sp³-hybridized carbons (Fsp3) is 1.00. The molecule has 2 saturated carbocycles.